The summed E-state index contributed by atoms with van der Waals surface area (Å²) in [6.07, 6.45) is 0.322. The lowest BCUT2D eigenvalue weighted by Gasteiger charge is -2.10. The zero-order valence-corrected chi connectivity index (χ0v) is 14.9. The maximum absolute atomic E-state index is 13.7. The van der Waals surface area contributed by atoms with Crippen LogP contribution in [0.5, 0.6) is 6.01 Å². The zero-order valence-electron chi connectivity index (χ0n) is 14.9. The molecule has 1 aromatic heterocycles. The summed E-state index contributed by atoms with van der Waals surface area (Å²) in [5.74, 6) is -1.83. The van der Waals surface area contributed by atoms with Crippen LogP contribution in [0.2, 0.25) is 0 Å². The Morgan fingerprint density at radius 3 is 2.68 bits per heavy atom. The van der Waals surface area contributed by atoms with E-state index >= 15 is 0 Å². The van der Waals surface area contributed by atoms with E-state index in [1.54, 1.807) is 18.2 Å². The fraction of sp³-hybridized carbons (Fsp3) is 0.150. The van der Waals surface area contributed by atoms with Crippen LogP contribution in [0.15, 0.2) is 48.5 Å². The molecule has 0 atom stereocenters. The lowest BCUT2D eigenvalue weighted by molar-refractivity contribution is 0.0697. The van der Waals surface area contributed by atoms with Gasteiger partial charge in [0, 0.05) is 24.2 Å². The second-order valence-corrected chi connectivity index (χ2v) is 5.92. The lowest BCUT2D eigenvalue weighted by Crippen LogP contribution is -2.09. The summed E-state index contributed by atoms with van der Waals surface area (Å²) in [5.41, 5.74) is 1.58. The molecule has 0 amide bonds. The largest absolute Gasteiger partial charge is 0.478 e. The van der Waals surface area contributed by atoms with Crippen LogP contribution < -0.4 is 10.1 Å². The number of hydrogen-bond donors (Lipinski definition) is 2. The molecule has 0 spiro atoms. The van der Waals surface area contributed by atoms with Crippen molar-refractivity contribution in [1.29, 1.82) is 0 Å². The Morgan fingerprint density at radius 2 is 1.96 bits per heavy atom. The molecule has 1 heterocycles. The van der Waals surface area contributed by atoms with Crippen molar-refractivity contribution < 1.29 is 23.4 Å². The molecule has 0 aliphatic rings. The molecule has 0 radical (unpaired) electrons. The predicted octanol–water partition coefficient (Wildman–Crippen LogP) is 3.78. The molecule has 3 rings (SSSR count). The molecular formula is C20H17F2N3O3. The van der Waals surface area contributed by atoms with Crippen LogP contribution in [0.3, 0.4) is 0 Å². The van der Waals surface area contributed by atoms with E-state index in [2.05, 4.69) is 15.3 Å². The first-order chi connectivity index (χ1) is 13.5. The third-order valence-electron chi connectivity index (χ3n) is 4.01. The van der Waals surface area contributed by atoms with E-state index in [0.29, 0.717) is 35.6 Å². The maximum Gasteiger partial charge on any atom is 0.335 e. The van der Waals surface area contributed by atoms with Gasteiger partial charge in [0.25, 0.3) is 0 Å². The smallest absolute Gasteiger partial charge is 0.335 e. The molecule has 2 aromatic carbocycles. The molecule has 0 unspecified atom stereocenters. The second-order valence-electron chi connectivity index (χ2n) is 5.92. The van der Waals surface area contributed by atoms with Crippen molar-refractivity contribution in [2.45, 2.75) is 6.42 Å². The van der Waals surface area contributed by atoms with Crippen LogP contribution >= 0.6 is 0 Å². The normalized spacial score (nSPS) is 10.5. The van der Waals surface area contributed by atoms with Crippen molar-refractivity contribution in [3.8, 4) is 17.3 Å². The average Bonchev–Trinajstić information content (AvgIpc) is 2.69. The van der Waals surface area contributed by atoms with E-state index in [-0.39, 0.29) is 11.6 Å². The Balaban J connectivity index is 1.79. The van der Waals surface area contributed by atoms with Crippen molar-refractivity contribution in [2.75, 3.05) is 19.0 Å². The molecule has 8 heteroatoms. The summed E-state index contributed by atoms with van der Waals surface area (Å²) in [5, 5.41) is 12.2. The number of carboxylic acids is 1. The first kappa shape index (κ1) is 19.2. The van der Waals surface area contributed by atoms with Crippen LogP contribution in [0.25, 0.3) is 11.3 Å². The van der Waals surface area contributed by atoms with Gasteiger partial charge in [0.2, 0.25) is 0 Å². The highest BCUT2D eigenvalue weighted by molar-refractivity contribution is 5.89. The first-order valence-electron chi connectivity index (χ1n) is 8.41. The minimum atomic E-state index is -1.04. The zero-order chi connectivity index (χ0) is 20.1. The van der Waals surface area contributed by atoms with E-state index < -0.39 is 17.6 Å². The SMILES string of the molecule is COc1nc(NCCc2ccc(F)cc2F)cc(-c2cccc(C(=O)O)c2)n1. The molecule has 0 aliphatic heterocycles. The molecule has 3 aromatic rings. The highest BCUT2D eigenvalue weighted by Crippen LogP contribution is 2.23. The van der Waals surface area contributed by atoms with E-state index in [1.165, 1.54) is 31.4 Å². The molecule has 0 aliphatic carbocycles. The Bertz CT molecular complexity index is 1010. The van der Waals surface area contributed by atoms with Crippen LogP contribution in [0, 0.1) is 11.6 Å². The topological polar surface area (TPSA) is 84.3 Å². The maximum atomic E-state index is 13.7. The molecule has 6 nitrogen and oxygen atoms in total. The highest BCUT2D eigenvalue weighted by Gasteiger charge is 2.10. The van der Waals surface area contributed by atoms with Gasteiger partial charge in [-0.2, -0.15) is 9.97 Å². The van der Waals surface area contributed by atoms with E-state index in [0.717, 1.165) is 6.07 Å². The summed E-state index contributed by atoms with van der Waals surface area (Å²) < 4.78 is 31.8. The number of methoxy groups -OCH3 is 1. The van der Waals surface area contributed by atoms with Gasteiger partial charge in [-0.05, 0) is 30.2 Å². The van der Waals surface area contributed by atoms with Crippen molar-refractivity contribution >= 4 is 11.8 Å². The van der Waals surface area contributed by atoms with Crippen molar-refractivity contribution in [1.82, 2.24) is 9.97 Å². The number of halogens is 2. The minimum Gasteiger partial charge on any atom is -0.478 e. The number of anilines is 1. The van der Waals surface area contributed by atoms with Gasteiger partial charge in [-0.25, -0.2) is 13.6 Å². The van der Waals surface area contributed by atoms with Crippen LogP contribution in [0.1, 0.15) is 15.9 Å². The Kier molecular flexibility index (Phi) is 5.78. The highest BCUT2D eigenvalue weighted by atomic mass is 19.1. The first-order valence-corrected chi connectivity index (χ1v) is 8.41. The van der Waals surface area contributed by atoms with E-state index in [4.69, 9.17) is 9.84 Å². The fourth-order valence-electron chi connectivity index (χ4n) is 2.62. The number of benzene rings is 2. The van der Waals surface area contributed by atoms with Gasteiger partial charge in [-0.15, -0.1) is 0 Å². The molecule has 0 bridgehead atoms. The van der Waals surface area contributed by atoms with E-state index in [1.807, 2.05) is 0 Å². The third kappa shape index (κ3) is 4.59. The van der Waals surface area contributed by atoms with Crippen LogP contribution in [-0.4, -0.2) is 34.7 Å². The summed E-state index contributed by atoms with van der Waals surface area (Å²) in [4.78, 5) is 19.6. The van der Waals surface area contributed by atoms with Gasteiger partial charge in [0.1, 0.15) is 17.5 Å². The standard InChI is InChI=1S/C20H17F2N3O3/c1-28-20-24-17(13-3-2-4-14(9-13)19(26)27)11-18(25-20)23-8-7-12-5-6-15(21)10-16(12)22/h2-6,9-11H,7-8H2,1H3,(H,26,27)(H,23,24,25). The summed E-state index contributed by atoms with van der Waals surface area (Å²) in [6, 6.07) is 11.5. The van der Waals surface area contributed by atoms with Crippen molar-refractivity contribution in [3.05, 3.63) is 71.3 Å². The quantitative estimate of drug-likeness (QED) is 0.644. The monoisotopic (exact) mass is 385 g/mol. The molecular weight excluding hydrogens is 368 g/mol. The molecule has 0 fully saturated rings. The number of aromatic carboxylic acids is 1. The van der Waals surface area contributed by atoms with Gasteiger partial charge >= 0.3 is 12.0 Å². The van der Waals surface area contributed by atoms with Crippen molar-refractivity contribution in [3.63, 3.8) is 0 Å². The average molecular weight is 385 g/mol. The van der Waals surface area contributed by atoms with Gasteiger partial charge < -0.3 is 15.2 Å². The second kappa shape index (κ2) is 8.43. The number of aromatic nitrogens is 2. The number of hydrogen-bond acceptors (Lipinski definition) is 5. The number of carboxylic acid groups (broad SMARTS) is 1. The number of nitrogens with zero attached hydrogens (tertiary/aromatic N) is 2. The van der Waals surface area contributed by atoms with Gasteiger partial charge in [0.15, 0.2) is 0 Å². The molecule has 0 saturated carbocycles. The van der Waals surface area contributed by atoms with Gasteiger partial charge in [-0.1, -0.05) is 18.2 Å². The predicted molar refractivity (Wildman–Crippen MR) is 99.5 cm³/mol. The molecule has 2 N–H and O–H groups in total. The summed E-state index contributed by atoms with van der Waals surface area (Å²) in [7, 11) is 1.42. The Morgan fingerprint density at radius 1 is 1.14 bits per heavy atom. The lowest BCUT2D eigenvalue weighted by atomic mass is 10.1. The van der Waals surface area contributed by atoms with Crippen LogP contribution in [0.4, 0.5) is 14.6 Å². The van der Waals surface area contributed by atoms with Gasteiger partial charge in [0.05, 0.1) is 18.4 Å². The number of rotatable bonds is 7. The fourth-order valence-corrected chi connectivity index (χ4v) is 2.62. The number of nitrogens with one attached hydrogen (secondary N) is 1. The van der Waals surface area contributed by atoms with Gasteiger partial charge in [-0.3, -0.25) is 0 Å². The molecule has 0 saturated heterocycles. The van der Waals surface area contributed by atoms with Crippen molar-refractivity contribution in [2.24, 2.45) is 0 Å². The third-order valence-corrected chi connectivity index (χ3v) is 4.01. The van der Waals surface area contributed by atoms with Crippen LogP contribution in [-0.2, 0) is 6.42 Å². The summed E-state index contributed by atoms with van der Waals surface area (Å²) in [6.45, 7) is 0.345. The number of carbonyl (C=O) groups is 1. The molecule has 28 heavy (non-hydrogen) atoms. The van der Waals surface area contributed by atoms with E-state index in [9.17, 15) is 13.6 Å². The minimum absolute atomic E-state index is 0.105. The molecule has 144 valence electrons. The Labute approximate surface area is 159 Å². The number of ether oxygens (including phenoxy) is 1. The summed E-state index contributed by atoms with van der Waals surface area (Å²) >= 11 is 0. The Hall–Kier alpha value is -3.55.